The van der Waals surface area contributed by atoms with Crippen molar-refractivity contribution in [3.8, 4) is 0 Å². The first-order chi connectivity index (χ1) is 8.83. The lowest BCUT2D eigenvalue weighted by molar-refractivity contribution is -0.116. The molecule has 0 radical (unpaired) electrons. The standard InChI is InChI=1S/C11H10N6O/c18-8-3-7(6-1-2-6)16-17(8)11-9-10(13-4-12-9)14-5-15-11/h4-6H,1-3H2,(H,12,13,14,15). The van der Waals surface area contributed by atoms with Crippen molar-refractivity contribution in [2.75, 3.05) is 5.01 Å². The van der Waals surface area contributed by atoms with E-state index in [-0.39, 0.29) is 5.91 Å². The first-order valence-corrected chi connectivity index (χ1v) is 5.87. The number of H-pyrrole nitrogens is 1. The Kier molecular flexibility index (Phi) is 1.80. The summed E-state index contributed by atoms with van der Waals surface area (Å²) in [6.45, 7) is 0. The average Bonchev–Trinajstić information content (AvgIpc) is 2.98. The molecule has 0 atom stereocenters. The Hall–Kier alpha value is -2.31. The van der Waals surface area contributed by atoms with E-state index < -0.39 is 0 Å². The molecule has 7 nitrogen and oxygen atoms in total. The third kappa shape index (κ3) is 1.33. The molecule has 18 heavy (non-hydrogen) atoms. The molecule has 0 aromatic carbocycles. The van der Waals surface area contributed by atoms with Crippen molar-refractivity contribution >= 4 is 28.6 Å². The third-order valence-corrected chi connectivity index (χ3v) is 3.25. The molecule has 2 aromatic rings. The highest BCUT2D eigenvalue weighted by molar-refractivity contribution is 6.15. The minimum Gasteiger partial charge on any atom is -0.340 e. The topological polar surface area (TPSA) is 87.1 Å². The van der Waals surface area contributed by atoms with Gasteiger partial charge in [-0.15, -0.1) is 0 Å². The molecule has 1 aliphatic carbocycles. The van der Waals surface area contributed by atoms with Gasteiger partial charge >= 0.3 is 0 Å². The fourth-order valence-electron chi connectivity index (χ4n) is 2.17. The number of amides is 1. The van der Waals surface area contributed by atoms with Gasteiger partial charge in [-0.05, 0) is 18.8 Å². The third-order valence-electron chi connectivity index (χ3n) is 3.25. The number of aromatic amines is 1. The van der Waals surface area contributed by atoms with Gasteiger partial charge in [0.15, 0.2) is 11.5 Å². The SMILES string of the molecule is O=C1CC(C2CC2)=NN1c1ncnc2nc[nH]c12. The smallest absolute Gasteiger partial charge is 0.254 e. The molecular formula is C11H10N6O. The van der Waals surface area contributed by atoms with E-state index in [1.807, 2.05) is 0 Å². The maximum absolute atomic E-state index is 12.0. The molecule has 2 aliphatic rings. The second-order valence-corrected chi connectivity index (χ2v) is 4.55. The number of nitrogens with zero attached hydrogens (tertiary/aromatic N) is 5. The van der Waals surface area contributed by atoms with Crippen LogP contribution < -0.4 is 5.01 Å². The molecule has 1 N–H and O–H groups in total. The highest BCUT2D eigenvalue weighted by Gasteiger charge is 2.36. The van der Waals surface area contributed by atoms with Crippen LogP contribution in [-0.2, 0) is 4.79 Å². The van der Waals surface area contributed by atoms with Crippen molar-refractivity contribution in [2.45, 2.75) is 19.3 Å². The van der Waals surface area contributed by atoms with Crippen LogP contribution in [0.4, 0.5) is 5.82 Å². The first-order valence-electron chi connectivity index (χ1n) is 5.87. The number of aromatic nitrogens is 4. The van der Waals surface area contributed by atoms with Gasteiger partial charge in [0.05, 0.1) is 18.5 Å². The maximum Gasteiger partial charge on any atom is 0.254 e. The number of hydrazone groups is 1. The second kappa shape index (κ2) is 3.34. The van der Waals surface area contributed by atoms with Gasteiger partial charge in [0.1, 0.15) is 11.8 Å². The summed E-state index contributed by atoms with van der Waals surface area (Å²) in [7, 11) is 0. The van der Waals surface area contributed by atoms with Crippen LogP contribution in [0.5, 0.6) is 0 Å². The van der Waals surface area contributed by atoms with Crippen molar-refractivity contribution in [3.05, 3.63) is 12.7 Å². The van der Waals surface area contributed by atoms with Gasteiger partial charge in [-0.2, -0.15) is 10.1 Å². The van der Waals surface area contributed by atoms with Gasteiger partial charge in [-0.25, -0.2) is 15.0 Å². The zero-order valence-corrected chi connectivity index (χ0v) is 9.50. The van der Waals surface area contributed by atoms with Crippen molar-refractivity contribution in [1.82, 2.24) is 19.9 Å². The molecule has 90 valence electrons. The minimum absolute atomic E-state index is 0.0356. The summed E-state index contributed by atoms with van der Waals surface area (Å²) >= 11 is 0. The summed E-state index contributed by atoms with van der Waals surface area (Å²) in [4.78, 5) is 27.2. The predicted octanol–water partition coefficient (Wildman–Crippen LogP) is 0.856. The quantitative estimate of drug-likeness (QED) is 0.845. The van der Waals surface area contributed by atoms with Crippen molar-refractivity contribution in [2.24, 2.45) is 11.0 Å². The van der Waals surface area contributed by atoms with Crippen molar-refractivity contribution in [1.29, 1.82) is 0 Å². The normalized spacial score (nSPS) is 19.7. The molecule has 7 heteroatoms. The van der Waals surface area contributed by atoms with Gasteiger partial charge in [0.25, 0.3) is 5.91 Å². The summed E-state index contributed by atoms with van der Waals surface area (Å²) in [5.74, 6) is 0.947. The van der Waals surface area contributed by atoms with E-state index in [1.54, 1.807) is 0 Å². The molecule has 0 unspecified atom stereocenters. The number of hydrogen-bond donors (Lipinski definition) is 1. The Morgan fingerprint density at radius 2 is 2.17 bits per heavy atom. The largest absolute Gasteiger partial charge is 0.340 e. The molecule has 0 bridgehead atoms. The Labute approximate surface area is 102 Å². The number of fused-ring (bicyclic) bond motifs is 1. The van der Waals surface area contributed by atoms with Crippen LogP contribution in [0.3, 0.4) is 0 Å². The van der Waals surface area contributed by atoms with E-state index in [1.165, 1.54) is 17.7 Å². The van der Waals surface area contributed by atoms with Crippen LogP contribution in [0.25, 0.3) is 11.2 Å². The van der Waals surface area contributed by atoms with E-state index >= 15 is 0 Å². The van der Waals surface area contributed by atoms with Crippen molar-refractivity contribution in [3.63, 3.8) is 0 Å². The molecule has 1 saturated carbocycles. The minimum atomic E-state index is -0.0356. The Balaban J connectivity index is 1.82. The lowest BCUT2D eigenvalue weighted by Gasteiger charge is -2.10. The van der Waals surface area contributed by atoms with Crippen LogP contribution in [0.15, 0.2) is 17.8 Å². The van der Waals surface area contributed by atoms with Gasteiger partial charge < -0.3 is 4.98 Å². The number of carbonyl (C=O) groups excluding carboxylic acids is 1. The molecule has 1 fully saturated rings. The number of hydrogen-bond acceptors (Lipinski definition) is 5. The Morgan fingerprint density at radius 1 is 1.28 bits per heavy atom. The average molecular weight is 242 g/mol. The summed E-state index contributed by atoms with van der Waals surface area (Å²) in [6, 6.07) is 0. The molecule has 0 saturated heterocycles. The lowest BCUT2D eigenvalue weighted by Crippen LogP contribution is -2.21. The van der Waals surface area contributed by atoms with E-state index in [9.17, 15) is 4.79 Å². The predicted molar refractivity (Wildman–Crippen MR) is 63.9 cm³/mol. The number of carbonyl (C=O) groups is 1. The Bertz CT molecular complexity index is 671. The Morgan fingerprint density at radius 3 is 3.00 bits per heavy atom. The second-order valence-electron chi connectivity index (χ2n) is 4.55. The van der Waals surface area contributed by atoms with Crippen molar-refractivity contribution < 1.29 is 4.79 Å². The number of imidazole rings is 1. The number of nitrogens with one attached hydrogen (secondary N) is 1. The molecule has 1 aliphatic heterocycles. The molecule has 3 heterocycles. The van der Waals surface area contributed by atoms with Gasteiger partial charge in [0.2, 0.25) is 0 Å². The highest BCUT2D eigenvalue weighted by atomic mass is 16.2. The van der Waals surface area contributed by atoms with E-state index in [0.717, 1.165) is 18.6 Å². The monoisotopic (exact) mass is 242 g/mol. The summed E-state index contributed by atoms with van der Waals surface area (Å²) in [5.41, 5.74) is 2.17. The van der Waals surface area contributed by atoms with Crippen LogP contribution in [0.1, 0.15) is 19.3 Å². The van der Waals surface area contributed by atoms with E-state index in [0.29, 0.717) is 29.3 Å². The molecule has 2 aromatic heterocycles. The molecule has 0 spiro atoms. The highest BCUT2D eigenvalue weighted by Crippen LogP contribution is 2.35. The summed E-state index contributed by atoms with van der Waals surface area (Å²) in [5, 5.41) is 5.76. The van der Waals surface area contributed by atoms with Gasteiger partial charge in [-0.1, -0.05) is 0 Å². The number of anilines is 1. The van der Waals surface area contributed by atoms with E-state index in [4.69, 9.17) is 0 Å². The fourth-order valence-corrected chi connectivity index (χ4v) is 2.17. The maximum atomic E-state index is 12.0. The zero-order chi connectivity index (χ0) is 12.1. The van der Waals surface area contributed by atoms with Gasteiger partial charge in [-0.3, -0.25) is 4.79 Å². The van der Waals surface area contributed by atoms with Crippen LogP contribution in [-0.4, -0.2) is 31.6 Å². The fraction of sp³-hybridized carbons (Fsp3) is 0.364. The lowest BCUT2D eigenvalue weighted by atomic mass is 10.2. The van der Waals surface area contributed by atoms with Crippen LogP contribution >= 0.6 is 0 Å². The summed E-state index contributed by atoms with van der Waals surface area (Å²) in [6.07, 6.45) is 5.63. The van der Waals surface area contributed by atoms with Gasteiger partial charge in [0, 0.05) is 0 Å². The zero-order valence-electron chi connectivity index (χ0n) is 9.50. The molecule has 4 rings (SSSR count). The number of rotatable bonds is 2. The van der Waals surface area contributed by atoms with Crippen LogP contribution in [0, 0.1) is 5.92 Å². The van der Waals surface area contributed by atoms with Crippen LogP contribution in [0.2, 0.25) is 0 Å². The molecule has 1 amide bonds. The molecular weight excluding hydrogens is 232 g/mol. The first kappa shape index (κ1) is 9.69. The summed E-state index contributed by atoms with van der Waals surface area (Å²) < 4.78 is 0. The van der Waals surface area contributed by atoms with E-state index in [2.05, 4.69) is 25.0 Å².